The second-order valence-corrected chi connectivity index (χ2v) is 33.1. The molecule has 4 unspecified atom stereocenters. The number of esters is 4. The number of phosphoric ester groups is 2. The van der Waals surface area contributed by atoms with Gasteiger partial charge in [0.25, 0.3) is 0 Å². The van der Waals surface area contributed by atoms with Gasteiger partial charge in [-0.15, -0.1) is 0 Å². The molecule has 0 amide bonds. The maximum absolute atomic E-state index is 13.1. The van der Waals surface area contributed by atoms with Gasteiger partial charge in [-0.05, 0) is 49.4 Å². The number of rotatable bonds is 77. The topological polar surface area (TPSA) is 237 Å². The first-order chi connectivity index (χ1) is 47.7. The second-order valence-electron chi connectivity index (χ2n) is 30.2. The molecule has 0 bridgehead atoms. The van der Waals surface area contributed by atoms with Gasteiger partial charge < -0.3 is 33.8 Å². The van der Waals surface area contributed by atoms with Gasteiger partial charge in [-0.3, -0.25) is 37.3 Å². The highest BCUT2D eigenvalue weighted by molar-refractivity contribution is 7.47. The summed E-state index contributed by atoms with van der Waals surface area (Å²) < 4.78 is 68.6. The van der Waals surface area contributed by atoms with Crippen molar-refractivity contribution in [2.24, 2.45) is 23.7 Å². The summed E-state index contributed by atoms with van der Waals surface area (Å²) in [5, 5.41) is 10.6. The van der Waals surface area contributed by atoms with Crippen LogP contribution in [0, 0.1) is 23.7 Å². The van der Waals surface area contributed by atoms with Gasteiger partial charge in [0, 0.05) is 25.7 Å². The average molecular weight is 1450 g/mol. The fourth-order valence-corrected chi connectivity index (χ4v) is 13.8. The first-order valence-corrected chi connectivity index (χ1v) is 44.3. The second kappa shape index (κ2) is 69.1. The van der Waals surface area contributed by atoms with Crippen LogP contribution in [0.3, 0.4) is 0 Å². The lowest BCUT2D eigenvalue weighted by Gasteiger charge is -2.21. The van der Waals surface area contributed by atoms with E-state index in [9.17, 15) is 43.2 Å². The molecule has 0 aromatic heterocycles. The fourth-order valence-electron chi connectivity index (χ4n) is 12.2. The minimum Gasteiger partial charge on any atom is -0.462 e. The summed E-state index contributed by atoms with van der Waals surface area (Å²) in [6.45, 7) is 14.2. The third kappa shape index (κ3) is 71.5. The van der Waals surface area contributed by atoms with Crippen LogP contribution in [0.4, 0.5) is 0 Å². The van der Waals surface area contributed by atoms with Crippen molar-refractivity contribution in [2.45, 2.75) is 427 Å². The number of hydrogen-bond donors (Lipinski definition) is 3. The Kier molecular flexibility index (Phi) is 67.8. The van der Waals surface area contributed by atoms with Gasteiger partial charge in [-0.1, -0.05) is 357 Å². The lowest BCUT2D eigenvalue weighted by Crippen LogP contribution is -2.30. The van der Waals surface area contributed by atoms with Crippen LogP contribution in [0.2, 0.25) is 0 Å². The highest BCUT2D eigenvalue weighted by Crippen LogP contribution is 2.45. The maximum Gasteiger partial charge on any atom is 0.472 e. The molecular formula is C80H156O17P2. The van der Waals surface area contributed by atoms with Gasteiger partial charge in [0.15, 0.2) is 12.2 Å². The highest BCUT2D eigenvalue weighted by atomic mass is 31.2. The van der Waals surface area contributed by atoms with Gasteiger partial charge in [-0.25, -0.2) is 9.13 Å². The highest BCUT2D eigenvalue weighted by Gasteiger charge is 2.30. The molecule has 3 N–H and O–H groups in total. The number of aliphatic hydroxyl groups is 1. The molecule has 0 saturated carbocycles. The Morgan fingerprint density at radius 3 is 0.717 bits per heavy atom. The molecule has 0 spiro atoms. The van der Waals surface area contributed by atoms with Gasteiger partial charge in [0.05, 0.1) is 26.4 Å². The summed E-state index contributed by atoms with van der Waals surface area (Å²) in [7, 11) is -9.92. The lowest BCUT2D eigenvalue weighted by molar-refractivity contribution is -0.161. The predicted molar refractivity (Wildman–Crippen MR) is 404 cm³/mol. The zero-order valence-electron chi connectivity index (χ0n) is 65.1. The molecule has 0 rings (SSSR count). The van der Waals surface area contributed by atoms with E-state index in [1.54, 1.807) is 0 Å². The lowest BCUT2D eigenvalue weighted by atomic mass is 9.99. The van der Waals surface area contributed by atoms with Gasteiger partial charge in [0.2, 0.25) is 0 Å². The normalized spacial score (nSPS) is 14.6. The number of aliphatic hydroxyl groups excluding tert-OH is 1. The van der Waals surface area contributed by atoms with E-state index in [4.69, 9.17) is 37.0 Å². The Balaban J connectivity index is 5.12. The Hall–Kier alpha value is -1.94. The number of hydrogen-bond acceptors (Lipinski definition) is 15. The molecule has 0 saturated heterocycles. The standard InChI is InChI=1S/C80H156O17P2/c1-9-72(7)58-50-42-33-29-25-21-17-13-11-12-14-18-23-27-31-35-46-54-62-79(84)96-75(67-91-78(83)61-53-45-39-37-43-51-59-73(8)10-2)68-94-98(86,87)92-64-74(81)65-93-99(88,89)95-69-76(97-80(85)63-55-47-38-36-41-49-57-71(5)6)66-90-77(82)60-52-44-34-30-26-22-19-15-16-20-24-28-32-40-48-56-70(3)4/h70-76,81H,9-69H2,1-8H3,(H,86,87)(H,88,89)/t72?,73?,74-,75+,76+/m0/s1. The first kappa shape index (κ1) is 97.1. The summed E-state index contributed by atoms with van der Waals surface area (Å²) in [5.41, 5.74) is 0. The molecule has 0 aromatic carbocycles. The summed E-state index contributed by atoms with van der Waals surface area (Å²) in [4.78, 5) is 72.8. The first-order valence-electron chi connectivity index (χ1n) is 41.3. The van der Waals surface area contributed by atoms with Crippen molar-refractivity contribution in [3.63, 3.8) is 0 Å². The van der Waals surface area contributed by atoms with Crippen molar-refractivity contribution in [1.82, 2.24) is 0 Å². The van der Waals surface area contributed by atoms with E-state index < -0.39 is 97.5 Å². The number of phosphoric acid groups is 2. The Bertz CT molecular complexity index is 1940. The van der Waals surface area contributed by atoms with Crippen molar-refractivity contribution in [3.8, 4) is 0 Å². The zero-order chi connectivity index (χ0) is 73.1. The van der Waals surface area contributed by atoms with Gasteiger partial charge >= 0.3 is 39.5 Å². The monoisotopic (exact) mass is 1450 g/mol. The molecule has 99 heavy (non-hydrogen) atoms. The molecule has 0 fully saturated rings. The number of ether oxygens (including phenoxy) is 4. The minimum atomic E-state index is -4.96. The predicted octanol–water partition coefficient (Wildman–Crippen LogP) is 23.6. The van der Waals surface area contributed by atoms with Crippen molar-refractivity contribution in [2.75, 3.05) is 39.6 Å². The van der Waals surface area contributed by atoms with E-state index in [0.717, 1.165) is 114 Å². The van der Waals surface area contributed by atoms with E-state index in [-0.39, 0.29) is 25.7 Å². The van der Waals surface area contributed by atoms with Crippen LogP contribution in [0.5, 0.6) is 0 Å². The average Bonchev–Trinajstić information content (AvgIpc) is 0.964. The molecule has 17 nitrogen and oxygen atoms in total. The minimum absolute atomic E-state index is 0.102. The third-order valence-electron chi connectivity index (χ3n) is 19.3. The quantitative estimate of drug-likeness (QED) is 0.0222. The van der Waals surface area contributed by atoms with Crippen LogP contribution in [0.15, 0.2) is 0 Å². The molecular weight excluding hydrogens is 1290 g/mol. The molecule has 7 atom stereocenters. The molecule has 588 valence electrons. The van der Waals surface area contributed by atoms with Crippen LogP contribution in [0.25, 0.3) is 0 Å². The summed E-state index contributed by atoms with van der Waals surface area (Å²) >= 11 is 0. The SMILES string of the molecule is CCC(C)CCCCCCCCCCCCCCCCCCCCC(=O)O[C@H](COC(=O)CCCCCCCCC(C)CC)COP(=O)(O)OC[C@H](O)COP(=O)(O)OC[C@@H](COC(=O)CCCCCCCCCCCCCCCCCC(C)C)OC(=O)CCCCCCCCC(C)C. The molecule has 0 aliphatic heterocycles. The van der Waals surface area contributed by atoms with E-state index in [2.05, 4.69) is 55.4 Å². The molecule has 0 radical (unpaired) electrons. The number of unbranched alkanes of at least 4 members (excludes halogenated alkanes) is 41. The Labute approximate surface area is 607 Å². The van der Waals surface area contributed by atoms with Crippen molar-refractivity contribution in [3.05, 3.63) is 0 Å². The Morgan fingerprint density at radius 1 is 0.283 bits per heavy atom. The Morgan fingerprint density at radius 2 is 0.485 bits per heavy atom. The van der Waals surface area contributed by atoms with Crippen molar-refractivity contribution in [1.29, 1.82) is 0 Å². The van der Waals surface area contributed by atoms with E-state index in [0.29, 0.717) is 31.6 Å². The smallest absolute Gasteiger partial charge is 0.462 e. The van der Waals surface area contributed by atoms with Crippen LogP contribution in [-0.2, 0) is 65.4 Å². The van der Waals surface area contributed by atoms with Crippen LogP contribution >= 0.6 is 15.6 Å². The summed E-state index contributed by atoms with van der Waals surface area (Å²) in [5.74, 6) is 0.955. The van der Waals surface area contributed by atoms with Crippen molar-refractivity contribution >= 4 is 39.5 Å². The summed E-state index contributed by atoms with van der Waals surface area (Å²) in [6, 6.07) is 0. The fraction of sp³-hybridized carbons (Fsp3) is 0.950. The van der Waals surface area contributed by atoms with Crippen molar-refractivity contribution < 1.29 is 80.2 Å². The zero-order valence-corrected chi connectivity index (χ0v) is 66.9. The van der Waals surface area contributed by atoms with E-state index >= 15 is 0 Å². The molecule has 0 aromatic rings. The van der Waals surface area contributed by atoms with Gasteiger partial charge in [-0.2, -0.15) is 0 Å². The van der Waals surface area contributed by atoms with Crippen LogP contribution < -0.4 is 0 Å². The summed E-state index contributed by atoms with van der Waals surface area (Å²) in [6.07, 6.45) is 55.9. The van der Waals surface area contributed by atoms with Crippen LogP contribution in [0.1, 0.15) is 409 Å². The molecule has 0 aliphatic carbocycles. The number of carbonyl (C=O) groups excluding carboxylic acids is 4. The molecule has 19 heteroatoms. The largest absolute Gasteiger partial charge is 0.472 e. The molecule has 0 aliphatic rings. The number of carbonyl (C=O) groups is 4. The van der Waals surface area contributed by atoms with Gasteiger partial charge in [0.1, 0.15) is 19.3 Å². The van der Waals surface area contributed by atoms with Crippen LogP contribution in [-0.4, -0.2) is 96.7 Å². The van der Waals surface area contributed by atoms with E-state index in [1.165, 1.54) is 205 Å². The van der Waals surface area contributed by atoms with E-state index in [1.807, 2.05) is 0 Å². The third-order valence-corrected chi connectivity index (χ3v) is 21.2. The molecule has 0 heterocycles. The maximum atomic E-state index is 13.1.